The molecule has 0 radical (unpaired) electrons. The molecule has 0 amide bonds. The Balaban J connectivity index is 1.21. The van der Waals surface area contributed by atoms with Crippen molar-refractivity contribution in [1.82, 2.24) is 19.5 Å². The van der Waals surface area contributed by atoms with Crippen molar-refractivity contribution in [2.24, 2.45) is 0 Å². The van der Waals surface area contributed by atoms with Crippen LogP contribution in [0.15, 0.2) is 174 Å². The highest BCUT2D eigenvalue weighted by atomic mass is 16.3. The van der Waals surface area contributed by atoms with Crippen LogP contribution in [0.25, 0.3) is 94.7 Å². The molecule has 10 rings (SSSR count). The molecule has 0 N–H and O–H groups in total. The summed E-state index contributed by atoms with van der Waals surface area (Å²) >= 11 is 0. The van der Waals surface area contributed by atoms with E-state index >= 15 is 0 Å². The largest absolute Gasteiger partial charge is 0.456 e. The summed E-state index contributed by atoms with van der Waals surface area (Å²) in [6.45, 7) is 0. The fraction of sp³-hybridized carbons (Fsp3) is 0. The molecule has 0 aliphatic carbocycles. The predicted molar refractivity (Wildman–Crippen MR) is 203 cm³/mol. The van der Waals surface area contributed by atoms with Crippen molar-refractivity contribution < 1.29 is 4.42 Å². The third-order valence-electron chi connectivity index (χ3n) is 9.45. The number of fused-ring (bicyclic) bond motifs is 6. The second-order valence-electron chi connectivity index (χ2n) is 12.4. The van der Waals surface area contributed by atoms with Crippen LogP contribution in [0.5, 0.6) is 0 Å². The van der Waals surface area contributed by atoms with Crippen LogP contribution < -0.4 is 0 Å². The standard InChI is InChI=1S/C45H28N4O/c1-4-14-29(15-5-1)43-46-44(30-16-6-2-7-17-30)48-45(47-43)31-26-27-39-36(28-31)42-34(22-13-25-40(42)50-39)33-21-12-24-38-41(33)35-20-10-11-23-37(35)49(38)32-18-8-3-9-19-32/h1-28H. The van der Waals surface area contributed by atoms with Crippen LogP contribution in [-0.4, -0.2) is 19.5 Å². The summed E-state index contributed by atoms with van der Waals surface area (Å²) in [5, 5.41) is 4.50. The van der Waals surface area contributed by atoms with Gasteiger partial charge in [-0.15, -0.1) is 0 Å². The van der Waals surface area contributed by atoms with Gasteiger partial charge in [0.1, 0.15) is 11.2 Å². The first-order chi connectivity index (χ1) is 24.8. The second-order valence-corrected chi connectivity index (χ2v) is 12.4. The van der Waals surface area contributed by atoms with Gasteiger partial charge in [0.25, 0.3) is 0 Å². The maximum atomic E-state index is 6.51. The summed E-state index contributed by atoms with van der Waals surface area (Å²) in [6, 6.07) is 58.5. The molecular weight excluding hydrogens is 613 g/mol. The van der Waals surface area contributed by atoms with Crippen molar-refractivity contribution in [1.29, 1.82) is 0 Å². The lowest BCUT2D eigenvalue weighted by molar-refractivity contribution is 0.669. The van der Waals surface area contributed by atoms with Crippen LogP contribution in [0, 0.1) is 0 Å². The van der Waals surface area contributed by atoms with Gasteiger partial charge in [0.15, 0.2) is 17.5 Å². The highest BCUT2D eigenvalue weighted by molar-refractivity contribution is 6.21. The van der Waals surface area contributed by atoms with E-state index < -0.39 is 0 Å². The summed E-state index contributed by atoms with van der Waals surface area (Å²) in [4.78, 5) is 14.9. The molecule has 0 bridgehead atoms. The smallest absolute Gasteiger partial charge is 0.164 e. The van der Waals surface area contributed by atoms with Gasteiger partial charge in [0.05, 0.1) is 11.0 Å². The lowest BCUT2D eigenvalue weighted by Gasteiger charge is -2.10. The van der Waals surface area contributed by atoms with E-state index in [0.29, 0.717) is 17.5 Å². The van der Waals surface area contributed by atoms with Crippen molar-refractivity contribution in [3.8, 4) is 51.0 Å². The van der Waals surface area contributed by atoms with Gasteiger partial charge in [-0.05, 0) is 59.7 Å². The maximum Gasteiger partial charge on any atom is 0.164 e. The Morgan fingerprint density at radius 3 is 1.64 bits per heavy atom. The van der Waals surface area contributed by atoms with E-state index in [4.69, 9.17) is 19.4 Å². The predicted octanol–water partition coefficient (Wildman–Crippen LogP) is 11.5. The van der Waals surface area contributed by atoms with Gasteiger partial charge in [-0.2, -0.15) is 0 Å². The summed E-state index contributed by atoms with van der Waals surface area (Å²) in [6.07, 6.45) is 0. The van der Waals surface area contributed by atoms with Crippen LogP contribution in [0.3, 0.4) is 0 Å². The molecule has 3 aromatic heterocycles. The normalized spacial score (nSPS) is 11.6. The molecule has 10 aromatic rings. The average molecular weight is 641 g/mol. The Labute approximate surface area is 287 Å². The zero-order valence-corrected chi connectivity index (χ0v) is 26.9. The van der Waals surface area contributed by atoms with E-state index in [-0.39, 0.29) is 0 Å². The Hall–Kier alpha value is -6.85. The number of hydrogen-bond acceptors (Lipinski definition) is 4. The number of benzene rings is 7. The van der Waals surface area contributed by atoms with Crippen molar-refractivity contribution in [2.45, 2.75) is 0 Å². The van der Waals surface area contributed by atoms with Crippen molar-refractivity contribution in [2.75, 3.05) is 0 Å². The summed E-state index contributed by atoms with van der Waals surface area (Å²) in [5.41, 5.74) is 10.2. The van der Waals surface area contributed by atoms with Crippen LogP contribution in [0.4, 0.5) is 0 Å². The van der Waals surface area contributed by atoms with Gasteiger partial charge in [0.2, 0.25) is 0 Å². The molecule has 0 aliphatic rings. The Morgan fingerprint density at radius 1 is 0.380 bits per heavy atom. The first kappa shape index (κ1) is 28.2. The monoisotopic (exact) mass is 640 g/mol. The number of rotatable bonds is 5. The molecule has 0 unspecified atom stereocenters. The lowest BCUT2D eigenvalue weighted by atomic mass is 9.95. The molecule has 234 valence electrons. The third kappa shape index (κ3) is 4.52. The molecule has 0 saturated heterocycles. The topological polar surface area (TPSA) is 56.7 Å². The van der Waals surface area contributed by atoms with Crippen molar-refractivity contribution in [3.63, 3.8) is 0 Å². The molecule has 5 heteroatoms. The minimum atomic E-state index is 0.611. The first-order valence-electron chi connectivity index (χ1n) is 16.7. The van der Waals surface area contributed by atoms with Gasteiger partial charge in [0, 0.05) is 43.9 Å². The number of furan rings is 1. The molecular formula is C45H28N4O. The number of hydrogen-bond donors (Lipinski definition) is 0. The molecule has 3 heterocycles. The van der Waals surface area contributed by atoms with Crippen LogP contribution in [0.2, 0.25) is 0 Å². The Morgan fingerprint density at radius 2 is 0.940 bits per heavy atom. The Kier molecular flexibility index (Phi) is 6.42. The van der Waals surface area contributed by atoms with E-state index in [9.17, 15) is 0 Å². The second kappa shape index (κ2) is 11.4. The van der Waals surface area contributed by atoms with Gasteiger partial charge in [-0.1, -0.05) is 121 Å². The fourth-order valence-corrected chi connectivity index (χ4v) is 7.23. The van der Waals surface area contributed by atoms with E-state index in [0.717, 1.165) is 61.0 Å². The maximum absolute atomic E-state index is 6.51. The van der Waals surface area contributed by atoms with Gasteiger partial charge < -0.3 is 8.98 Å². The minimum absolute atomic E-state index is 0.611. The number of nitrogens with zero attached hydrogens (tertiary/aromatic N) is 4. The quantitative estimate of drug-likeness (QED) is 0.188. The molecule has 0 fully saturated rings. The lowest BCUT2D eigenvalue weighted by Crippen LogP contribution is -2.00. The first-order valence-corrected chi connectivity index (χ1v) is 16.7. The molecule has 0 spiro atoms. The molecule has 0 saturated carbocycles. The van der Waals surface area contributed by atoms with Crippen LogP contribution in [0.1, 0.15) is 0 Å². The Bertz CT molecular complexity index is 2800. The van der Waals surface area contributed by atoms with E-state index in [1.165, 1.54) is 16.3 Å². The third-order valence-corrected chi connectivity index (χ3v) is 9.45. The van der Waals surface area contributed by atoms with Gasteiger partial charge >= 0.3 is 0 Å². The highest BCUT2D eigenvalue weighted by Gasteiger charge is 2.20. The van der Waals surface area contributed by atoms with E-state index in [2.05, 4.69) is 102 Å². The summed E-state index contributed by atoms with van der Waals surface area (Å²) in [7, 11) is 0. The molecule has 5 nitrogen and oxygen atoms in total. The average Bonchev–Trinajstić information content (AvgIpc) is 3.74. The fourth-order valence-electron chi connectivity index (χ4n) is 7.23. The molecule has 0 atom stereocenters. The summed E-state index contributed by atoms with van der Waals surface area (Å²) < 4.78 is 8.86. The van der Waals surface area contributed by atoms with Crippen LogP contribution in [-0.2, 0) is 0 Å². The number of para-hydroxylation sites is 2. The molecule has 7 aromatic carbocycles. The van der Waals surface area contributed by atoms with E-state index in [1.807, 2.05) is 72.8 Å². The molecule has 50 heavy (non-hydrogen) atoms. The summed E-state index contributed by atoms with van der Waals surface area (Å²) in [5.74, 6) is 1.88. The van der Waals surface area contributed by atoms with Gasteiger partial charge in [-0.25, -0.2) is 15.0 Å². The SMILES string of the molecule is c1ccc(-c2nc(-c3ccccc3)nc(-c3ccc4oc5cccc(-c6cccc7c6c6ccccc6n7-c6ccccc6)c5c4c3)n2)cc1. The van der Waals surface area contributed by atoms with Crippen molar-refractivity contribution in [3.05, 3.63) is 170 Å². The minimum Gasteiger partial charge on any atom is -0.456 e. The highest BCUT2D eigenvalue weighted by Crippen LogP contribution is 2.43. The van der Waals surface area contributed by atoms with Crippen molar-refractivity contribution >= 4 is 43.7 Å². The number of aromatic nitrogens is 4. The molecule has 0 aliphatic heterocycles. The van der Waals surface area contributed by atoms with Gasteiger partial charge in [-0.3, -0.25) is 0 Å². The van der Waals surface area contributed by atoms with Crippen LogP contribution >= 0.6 is 0 Å². The zero-order chi connectivity index (χ0) is 33.0. The zero-order valence-electron chi connectivity index (χ0n) is 26.9. The van der Waals surface area contributed by atoms with E-state index in [1.54, 1.807) is 0 Å².